The predicted molar refractivity (Wildman–Crippen MR) is 62.5 cm³/mol. The van der Waals surface area contributed by atoms with Gasteiger partial charge in [-0.3, -0.25) is 4.79 Å². The molecule has 84 valence electrons. The molecule has 0 bridgehead atoms. The van der Waals surface area contributed by atoms with Gasteiger partial charge in [0.25, 0.3) is 0 Å². The lowest BCUT2D eigenvalue weighted by molar-refractivity contribution is -0.129. The molecule has 4 heteroatoms. The molecule has 0 heterocycles. The lowest BCUT2D eigenvalue weighted by Gasteiger charge is -2.29. The van der Waals surface area contributed by atoms with E-state index < -0.39 is 5.41 Å². The number of carbonyl (C=O) groups excluding carboxylic acids is 1. The Morgan fingerprint density at radius 3 is 2.67 bits per heavy atom. The van der Waals surface area contributed by atoms with Crippen molar-refractivity contribution < 1.29 is 4.79 Å². The van der Waals surface area contributed by atoms with Gasteiger partial charge in [-0.2, -0.15) is 17.0 Å². The molecule has 1 aliphatic rings. The fourth-order valence-corrected chi connectivity index (χ4v) is 2.29. The molecule has 0 spiro atoms. The van der Waals surface area contributed by atoms with Crippen molar-refractivity contribution in [3.8, 4) is 6.07 Å². The predicted octanol–water partition coefficient (Wildman–Crippen LogP) is 1.94. The zero-order valence-corrected chi connectivity index (χ0v) is 10.0. The van der Waals surface area contributed by atoms with Gasteiger partial charge in [-0.15, -0.1) is 0 Å². The van der Waals surface area contributed by atoms with Gasteiger partial charge in [-0.1, -0.05) is 19.3 Å². The van der Waals surface area contributed by atoms with Gasteiger partial charge in [0.15, 0.2) is 0 Å². The number of hydrogen-bond donors (Lipinski definition) is 1. The van der Waals surface area contributed by atoms with Gasteiger partial charge in [0.1, 0.15) is 5.41 Å². The highest BCUT2D eigenvalue weighted by Gasteiger charge is 2.39. The van der Waals surface area contributed by atoms with Gasteiger partial charge < -0.3 is 5.32 Å². The van der Waals surface area contributed by atoms with E-state index in [1.165, 1.54) is 0 Å². The summed E-state index contributed by atoms with van der Waals surface area (Å²) < 4.78 is 0. The maximum atomic E-state index is 11.9. The molecular formula is C11H18N2OS. The molecule has 3 nitrogen and oxygen atoms in total. The number of carbonyl (C=O) groups is 1. The molecule has 1 N–H and O–H groups in total. The number of hydrogen-bond acceptors (Lipinski definition) is 3. The van der Waals surface area contributed by atoms with Crippen LogP contribution < -0.4 is 5.32 Å². The Balaban J connectivity index is 2.50. The minimum absolute atomic E-state index is 0.0567. The van der Waals surface area contributed by atoms with Crippen LogP contribution in [0.4, 0.5) is 0 Å². The lowest BCUT2D eigenvalue weighted by atomic mass is 9.74. The van der Waals surface area contributed by atoms with Gasteiger partial charge in [0.05, 0.1) is 6.07 Å². The van der Waals surface area contributed by atoms with Crippen molar-refractivity contribution >= 4 is 17.7 Å². The summed E-state index contributed by atoms with van der Waals surface area (Å²) in [6.07, 6.45) is 6.63. The van der Waals surface area contributed by atoms with E-state index in [-0.39, 0.29) is 5.91 Å². The largest absolute Gasteiger partial charge is 0.354 e. The highest BCUT2D eigenvalue weighted by atomic mass is 32.2. The fourth-order valence-electron chi connectivity index (χ4n) is 1.98. The van der Waals surface area contributed by atoms with Gasteiger partial charge in [-0.05, 0) is 19.1 Å². The highest BCUT2D eigenvalue weighted by Crippen LogP contribution is 2.35. The molecule has 0 aromatic rings. The topological polar surface area (TPSA) is 52.9 Å². The van der Waals surface area contributed by atoms with Crippen LogP contribution in [0.3, 0.4) is 0 Å². The normalized spacial score (nSPS) is 19.2. The Labute approximate surface area is 95.6 Å². The number of rotatable bonds is 4. The Hall–Kier alpha value is -0.690. The van der Waals surface area contributed by atoms with Crippen molar-refractivity contribution in [3.63, 3.8) is 0 Å². The molecule has 1 rings (SSSR count). The number of amides is 1. The second kappa shape index (κ2) is 6.02. The fraction of sp³-hybridized carbons (Fsp3) is 0.818. The van der Waals surface area contributed by atoms with E-state index in [1.54, 1.807) is 11.8 Å². The quantitative estimate of drug-likeness (QED) is 0.745. The standard InChI is InChI=1S/C11H18N2OS/c1-15-8-7-13-10(14)11(9-12)5-3-2-4-6-11/h2-8H2,1H3,(H,13,14). The van der Waals surface area contributed by atoms with Gasteiger partial charge >= 0.3 is 0 Å². The minimum Gasteiger partial charge on any atom is -0.354 e. The minimum atomic E-state index is -0.726. The van der Waals surface area contributed by atoms with Gasteiger partial charge in [0.2, 0.25) is 5.91 Å². The molecule has 0 aromatic carbocycles. The third kappa shape index (κ3) is 3.13. The first-order valence-electron chi connectivity index (χ1n) is 5.44. The van der Waals surface area contributed by atoms with Crippen molar-refractivity contribution in [2.75, 3.05) is 18.6 Å². The highest BCUT2D eigenvalue weighted by molar-refractivity contribution is 7.98. The van der Waals surface area contributed by atoms with Crippen LogP contribution in [0.2, 0.25) is 0 Å². The molecule has 15 heavy (non-hydrogen) atoms. The summed E-state index contributed by atoms with van der Waals surface area (Å²) in [4.78, 5) is 11.9. The van der Waals surface area contributed by atoms with Gasteiger partial charge in [-0.25, -0.2) is 0 Å². The van der Waals surface area contributed by atoms with E-state index in [4.69, 9.17) is 5.26 Å². The van der Waals surface area contributed by atoms with E-state index in [9.17, 15) is 4.79 Å². The average molecular weight is 226 g/mol. The second-order valence-electron chi connectivity index (χ2n) is 4.00. The van der Waals surface area contributed by atoms with Crippen LogP contribution in [0.25, 0.3) is 0 Å². The summed E-state index contributed by atoms with van der Waals surface area (Å²) in [6, 6.07) is 2.23. The molecule has 0 aliphatic heterocycles. The van der Waals surface area contributed by atoms with Crippen LogP contribution in [0.15, 0.2) is 0 Å². The molecule has 0 saturated heterocycles. The van der Waals surface area contributed by atoms with E-state index >= 15 is 0 Å². The lowest BCUT2D eigenvalue weighted by Crippen LogP contribution is -2.42. The summed E-state index contributed by atoms with van der Waals surface area (Å²) in [6.45, 7) is 0.670. The summed E-state index contributed by atoms with van der Waals surface area (Å²) in [5.74, 6) is 0.853. The van der Waals surface area contributed by atoms with E-state index in [0.29, 0.717) is 6.54 Å². The first kappa shape index (κ1) is 12.4. The van der Waals surface area contributed by atoms with Crippen LogP contribution in [0.5, 0.6) is 0 Å². The van der Waals surface area contributed by atoms with Crippen LogP contribution in [0.1, 0.15) is 32.1 Å². The monoisotopic (exact) mass is 226 g/mol. The average Bonchev–Trinajstić information content (AvgIpc) is 2.30. The molecule has 1 aliphatic carbocycles. The number of nitrogens with one attached hydrogen (secondary N) is 1. The Morgan fingerprint density at radius 1 is 1.47 bits per heavy atom. The molecule has 1 amide bonds. The molecule has 0 unspecified atom stereocenters. The first-order chi connectivity index (χ1) is 7.25. The molecule has 0 radical (unpaired) electrons. The summed E-state index contributed by atoms with van der Waals surface area (Å²) in [5, 5.41) is 12.0. The van der Waals surface area contributed by atoms with Crippen LogP contribution in [0, 0.1) is 16.7 Å². The van der Waals surface area contributed by atoms with E-state index in [1.807, 2.05) is 6.26 Å². The number of nitriles is 1. The van der Waals surface area contributed by atoms with Crippen molar-refractivity contribution in [2.45, 2.75) is 32.1 Å². The SMILES string of the molecule is CSCCNC(=O)C1(C#N)CCCCC1. The zero-order chi connectivity index (χ0) is 11.1. The molecule has 0 atom stereocenters. The molecule has 1 saturated carbocycles. The maximum Gasteiger partial charge on any atom is 0.240 e. The number of nitrogens with zero attached hydrogens (tertiary/aromatic N) is 1. The molecular weight excluding hydrogens is 208 g/mol. The Kier molecular flexibility index (Phi) is 4.97. The van der Waals surface area contributed by atoms with Crippen molar-refractivity contribution in [2.24, 2.45) is 5.41 Å². The number of thioether (sulfide) groups is 1. The zero-order valence-electron chi connectivity index (χ0n) is 9.21. The second-order valence-corrected chi connectivity index (χ2v) is 4.99. The maximum absolute atomic E-state index is 11.9. The van der Waals surface area contributed by atoms with E-state index in [0.717, 1.165) is 37.9 Å². The van der Waals surface area contributed by atoms with Crippen LogP contribution >= 0.6 is 11.8 Å². The third-order valence-electron chi connectivity index (χ3n) is 2.95. The summed E-state index contributed by atoms with van der Waals surface area (Å²) in [7, 11) is 0. The van der Waals surface area contributed by atoms with Crippen molar-refractivity contribution in [3.05, 3.63) is 0 Å². The van der Waals surface area contributed by atoms with E-state index in [2.05, 4.69) is 11.4 Å². The Bertz CT molecular complexity index is 254. The third-order valence-corrected chi connectivity index (χ3v) is 3.56. The van der Waals surface area contributed by atoms with Crippen molar-refractivity contribution in [1.29, 1.82) is 5.26 Å². The van der Waals surface area contributed by atoms with Crippen molar-refractivity contribution in [1.82, 2.24) is 5.32 Å². The smallest absolute Gasteiger partial charge is 0.240 e. The molecule has 1 fully saturated rings. The Morgan fingerprint density at radius 2 is 2.13 bits per heavy atom. The van der Waals surface area contributed by atoms with Crippen LogP contribution in [-0.2, 0) is 4.79 Å². The first-order valence-corrected chi connectivity index (χ1v) is 6.83. The van der Waals surface area contributed by atoms with Crippen LogP contribution in [-0.4, -0.2) is 24.5 Å². The molecule has 0 aromatic heterocycles. The summed E-state index contributed by atoms with van der Waals surface area (Å²) >= 11 is 1.70. The van der Waals surface area contributed by atoms with Gasteiger partial charge in [0, 0.05) is 12.3 Å². The summed E-state index contributed by atoms with van der Waals surface area (Å²) in [5.41, 5.74) is -0.726.